The number of ketones is 1. The fraction of sp³-hybridized carbons (Fsp3) is 0.562. The Hall–Kier alpha value is -0.710. The van der Waals surface area contributed by atoms with Gasteiger partial charge in [-0.25, -0.2) is 0 Å². The highest BCUT2D eigenvalue weighted by molar-refractivity contribution is 9.10. The summed E-state index contributed by atoms with van der Waals surface area (Å²) >= 11 is 3.52. The summed E-state index contributed by atoms with van der Waals surface area (Å²) in [7, 11) is 0. The van der Waals surface area contributed by atoms with Crippen LogP contribution in [0.25, 0.3) is 0 Å². The Kier molecular flexibility index (Phi) is 5.35. The van der Waals surface area contributed by atoms with Crippen LogP contribution in [0, 0.1) is 0 Å². The van der Waals surface area contributed by atoms with Gasteiger partial charge in [-0.05, 0) is 25.0 Å². The van der Waals surface area contributed by atoms with Crippen molar-refractivity contribution in [2.45, 2.75) is 32.2 Å². The molecule has 0 N–H and O–H groups in total. The topological polar surface area (TPSA) is 29.5 Å². The Labute approximate surface area is 129 Å². The van der Waals surface area contributed by atoms with Crippen LogP contribution in [0.15, 0.2) is 28.7 Å². The van der Waals surface area contributed by atoms with Gasteiger partial charge in [0.25, 0.3) is 0 Å². The van der Waals surface area contributed by atoms with Crippen LogP contribution in [0.4, 0.5) is 0 Å². The van der Waals surface area contributed by atoms with Gasteiger partial charge in [-0.3, -0.25) is 9.69 Å². The maximum Gasteiger partial charge on any atom is 0.157 e. The van der Waals surface area contributed by atoms with Crippen molar-refractivity contribution < 1.29 is 9.53 Å². The highest BCUT2D eigenvalue weighted by atomic mass is 79.9. The van der Waals surface area contributed by atoms with Crippen LogP contribution >= 0.6 is 15.9 Å². The second-order valence-corrected chi connectivity index (χ2v) is 6.27. The Morgan fingerprint density at radius 1 is 1.35 bits per heavy atom. The second kappa shape index (κ2) is 6.83. The molecule has 1 heterocycles. The highest BCUT2D eigenvalue weighted by Gasteiger charge is 2.37. The van der Waals surface area contributed by atoms with E-state index in [0.29, 0.717) is 6.42 Å². The van der Waals surface area contributed by atoms with Crippen molar-refractivity contribution in [2.75, 3.05) is 26.3 Å². The van der Waals surface area contributed by atoms with E-state index >= 15 is 0 Å². The van der Waals surface area contributed by atoms with Gasteiger partial charge in [0.05, 0.1) is 18.8 Å². The highest BCUT2D eigenvalue weighted by Crippen LogP contribution is 2.25. The minimum Gasteiger partial charge on any atom is -0.379 e. The lowest BCUT2D eigenvalue weighted by Crippen LogP contribution is -2.56. The molecule has 3 nitrogen and oxygen atoms in total. The van der Waals surface area contributed by atoms with E-state index in [1.807, 2.05) is 24.3 Å². The molecular weight excluding hydrogens is 318 g/mol. The molecular formula is C16H22BrNO2. The van der Waals surface area contributed by atoms with Crippen LogP contribution < -0.4 is 0 Å². The Bertz CT molecular complexity index is 471. The molecule has 1 aromatic rings. The Morgan fingerprint density at radius 3 is 2.60 bits per heavy atom. The normalized spacial score (nSPS) is 19.6. The first kappa shape index (κ1) is 15.7. The number of Topliss-reactive ketones (excluding diaryl/α,β-unsaturated/α-hetero) is 1. The summed E-state index contributed by atoms with van der Waals surface area (Å²) in [6.45, 7) is 7.28. The van der Waals surface area contributed by atoms with Gasteiger partial charge in [0.15, 0.2) is 5.78 Å². The predicted octanol–water partition coefficient (Wildman–Crippen LogP) is 3.06. The van der Waals surface area contributed by atoms with Crippen molar-refractivity contribution in [3.8, 4) is 0 Å². The van der Waals surface area contributed by atoms with E-state index in [0.717, 1.165) is 42.8 Å². The number of rotatable bonds is 5. The van der Waals surface area contributed by atoms with Gasteiger partial charge in [0.2, 0.25) is 0 Å². The van der Waals surface area contributed by atoms with Crippen LogP contribution in [-0.2, 0) is 16.0 Å². The fourth-order valence-corrected chi connectivity index (χ4v) is 3.08. The Balaban J connectivity index is 2.14. The molecule has 110 valence electrons. The van der Waals surface area contributed by atoms with Crippen LogP contribution in [0.5, 0.6) is 0 Å². The minimum atomic E-state index is -0.390. The number of hydrogen-bond acceptors (Lipinski definition) is 3. The number of halogens is 1. The van der Waals surface area contributed by atoms with Crippen LogP contribution in [0.3, 0.4) is 0 Å². The van der Waals surface area contributed by atoms with Gasteiger partial charge in [0, 0.05) is 24.0 Å². The standard InChI is InChI=1S/C16H22BrNO2/c1-3-16(2,18-8-10-20-11-9-18)15(19)12-13-6-4-5-7-14(13)17/h4-7H,3,8-12H2,1-2H3. The summed E-state index contributed by atoms with van der Waals surface area (Å²) in [5.74, 6) is 0.286. The molecule has 0 spiro atoms. The van der Waals surface area contributed by atoms with E-state index in [9.17, 15) is 4.79 Å². The summed E-state index contributed by atoms with van der Waals surface area (Å²) in [4.78, 5) is 15.1. The summed E-state index contributed by atoms with van der Waals surface area (Å²) in [5.41, 5.74) is 0.671. The summed E-state index contributed by atoms with van der Waals surface area (Å²) in [6.07, 6.45) is 1.30. The third kappa shape index (κ3) is 3.30. The average Bonchev–Trinajstić information content (AvgIpc) is 2.49. The molecule has 1 saturated heterocycles. The zero-order chi connectivity index (χ0) is 14.6. The first-order valence-electron chi connectivity index (χ1n) is 7.17. The molecule has 0 aliphatic carbocycles. The van der Waals surface area contributed by atoms with Crippen LogP contribution in [-0.4, -0.2) is 42.5 Å². The van der Waals surface area contributed by atoms with E-state index in [-0.39, 0.29) is 11.3 Å². The van der Waals surface area contributed by atoms with Gasteiger partial charge in [0.1, 0.15) is 0 Å². The first-order chi connectivity index (χ1) is 9.58. The lowest BCUT2D eigenvalue weighted by atomic mass is 9.87. The van der Waals surface area contributed by atoms with Gasteiger partial charge < -0.3 is 4.74 Å². The molecule has 0 radical (unpaired) electrons. The van der Waals surface area contributed by atoms with Gasteiger partial charge in [-0.2, -0.15) is 0 Å². The van der Waals surface area contributed by atoms with Crippen molar-refractivity contribution in [1.82, 2.24) is 4.90 Å². The molecule has 1 fully saturated rings. The fourth-order valence-electron chi connectivity index (χ4n) is 2.66. The van der Waals surface area contributed by atoms with Crippen molar-refractivity contribution in [1.29, 1.82) is 0 Å². The number of benzene rings is 1. The quantitative estimate of drug-likeness (QED) is 0.825. The van der Waals surface area contributed by atoms with E-state index in [2.05, 4.69) is 34.7 Å². The SMILES string of the molecule is CCC(C)(C(=O)Cc1ccccc1Br)N1CCOCC1. The second-order valence-electron chi connectivity index (χ2n) is 5.42. The molecule has 0 bridgehead atoms. The average molecular weight is 340 g/mol. The molecule has 0 aromatic heterocycles. The van der Waals surface area contributed by atoms with Crippen molar-refractivity contribution >= 4 is 21.7 Å². The van der Waals surface area contributed by atoms with E-state index in [4.69, 9.17) is 4.74 Å². The van der Waals surface area contributed by atoms with E-state index in [1.54, 1.807) is 0 Å². The maximum atomic E-state index is 12.8. The Morgan fingerprint density at radius 2 is 2.00 bits per heavy atom. The molecule has 1 aliphatic heterocycles. The predicted molar refractivity (Wildman–Crippen MR) is 83.9 cm³/mol. The number of ether oxygens (including phenoxy) is 1. The molecule has 0 saturated carbocycles. The zero-order valence-electron chi connectivity index (χ0n) is 12.2. The van der Waals surface area contributed by atoms with Gasteiger partial charge in [-0.15, -0.1) is 0 Å². The molecule has 4 heteroatoms. The molecule has 1 aliphatic rings. The van der Waals surface area contributed by atoms with Gasteiger partial charge >= 0.3 is 0 Å². The molecule has 0 amide bonds. The van der Waals surface area contributed by atoms with Crippen molar-refractivity contribution in [3.05, 3.63) is 34.3 Å². The molecule has 1 aromatic carbocycles. The number of morpholine rings is 1. The molecule has 2 rings (SSSR count). The first-order valence-corrected chi connectivity index (χ1v) is 7.96. The summed E-state index contributed by atoms with van der Waals surface area (Å²) < 4.78 is 6.40. The van der Waals surface area contributed by atoms with E-state index in [1.165, 1.54) is 0 Å². The third-order valence-electron chi connectivity index (χ3n) is 4.31. The largest absolute Gasteiger partial charge is 0.379 e. The van der Waals surface area contributed by atoms with E-state index < -0.39 is 0 Å². The summed E-state index contributed by atoms with van der Waals surface area (Å²) in [5, 5.41) is 0. The minimum absolute atomic E-state index is 0.286. The number of nitrogens with zero attached hydrogens (tertiary/aromatic N) is 1. The monoisotopic (exact) mass is 339 g/mol. The lowest BCUT2D eigenvalue weighted by Gasteiger charge is -2.41. The number of carbonyl (C=O) groups is 1. The molecule has 1 unspecified atom stereocenters. The molecule has 20 heavy (non-hydrogen) atoms. The smallest absolute Gasteiger partial charge is 0.157 e. The van der Waals surface area contributed by atoms with Crippen molar-refractivity contribution in [3.63, 3.8) is 0 Å². The van der Waals surface area contributed by atoms with Crippen molar-refractivity contribution in [2.24, 2.45) is 0 Å². The van der Waals surface area contributed by atoms with Gasteiger partial charge in [-0.1, -0.05) is 41.1 Å². The van der Waals surface area contributed by atoms with Crippen LogP contribution in [0.2, 0.25) is 0 Å². The zero-order valence-corrected chi connectivity index (χ0v) is 13.8. The summed E-state index contributed by atoms with van der Waals surface area (Å²) in [6, 6.07) is 7.95. The lowest BCUT2D eigenvalue weighted by molar-refractivity contribution is -0.133. The number of carbonyl (C=O) groups excluding carboxylic acids is 1. The molecule has 1 atom stereocenters. The van der Waals surface area contributed by atoms with Crippen LogP contribution in [0.1, 0.15) is 25.8 Å². The third-order valence-corrected chi connectivity index (χ3v) is 5.08. The maximum absolute atomic E-state index is 12.8. The number of hydrogen-bond donors (Lipinski definition) is 0.